The van der Waals surface area contributed by atoms with E-state index in [4.69, 9.17) is 9.47 Å². The van der Waals surface area contributed by atoms with E-state index in [2.05, 4.69) is 5.32 Å². The molecule has 0 aromatic heterocycles. The Kier molecular flexibility index (Phi) is 6.08. The summed E-state index contributed by atoms with van der Waals surface area (Å²) in [5.74, 6) is -0.746. The fourth-order valence-corrected chi connectivity index (χ4v) is 3.50. The number of esters is 1. The second kappa shape index (κ2) is 8.70. The number of para-hydroxylation sites is 1. The van der Waals surface area contributed by atoms with Crippen LogP contribution in [0, 0.1) is 0 Å². The predicted molar refractivity (Wildman–Crippen MR) is 109 cm³/mol. The van der Waals surface area contributed by atoms with Crippen molar-refractivity contribution >= 4 is 40.6 Å². The third-order valence-electron chi connectivity index (χ3n) is 4.14. The van der Waals surface area contributed by atoms with Gasteiger partial charge in [-0.3, -0.25) is 14.5 Å². The summed E-state index contributed by atoms with van der Waals surface area (Å²) in [7, 11) is 2.70. The topological polar surface area (TPSA) is 105 Å². The number of hydrogen-bond donors (Lipinski definition) is 2. The number of phenols is 1. The van der Waals surface area contributed by atoms with Gasteiger partial charge in [0, 0.05) is 0 Å². The first-order valence-electron chi connectivity index (χ1n) is 8.48. The molecule has 1 heterocycles. The van der Waals surface area contributed by atoms with Gasteiger partial charge in [-0.1, -0.05) is 18.2 Å². The normalized spacial score (nSPS) is 15.0. The van der Waals surface area contributed by atoms with Gasteiger partial charge in [-0.25, -0.2) is 4.79 Å². The standard InChI is InChI=1S/C20H18N2O6S/c1-27-16-9-12(7-8-15(16)23)10-17-18(24)22(20(26)29-17)11-21-14-6-4-3-5-13(14)19(25)28-2/h3-10,21,23H,11H2,1-2H3/b17-10+. The zero-order chi connectivity index (χ0) is 21.0. The highest BCUT2D eigenvalue weighted by atomic mass is 32.2. The number of ether oxygens (including phenoxy) is 2. The zero-order valence-electron chi connectivity index (χ0n) is 15.7. The first-order valence-corrected chi connectivity index (χ1v) is 9.30. The Bertz CT molecular complexity index is 1000. The highest BCUT2D eigenvalue weighted by molar-refractivity contribution is 8.18. The van der Waals surface area contributed by atoms with Crippen LogP contribution < -0.4 is 10.1 Å². The van der Waals surface area contributed by atoms with Crippen LogP contribution in [0.25, 0.3) is 6.08 Å². The molecule has 0 radical (unpaired) electrons. The van der Waals surface area contributed by atoms with E-state index in [1.165, 1.54) is 20.3 Å². The quantitative estimate of drug-likeness (QED) is 0.548. The van der Waals surface area contributed by atoms with Crippen molar-refractivity contribution in [1.82, 2.24) is 4.90 Å². The molecule has 2 aromatic carbocycles. The number of amides is 2. The largest absolute Gasteiger partial charge is 0.504 e. The molecule has 1 saturated heterocycles. The molecule has 150 valence electrons. The summed E-state index contributed by atoms with van der Waals surface area (Å²) in [6.07, 6.45) is 1.55. The van der Waals surface area contributed by atoms with E-state index in [0.29, 0.717) is 16.8 Å². The van der Waals surface area contributed by atoms with Crippen molar-refractivity contribution in [3.63, 3.8) is 0 Å². The van der Waals surface area contributed by atoms with Crippen LogP contribution in [-0.2, 0) is 9.53 Å². The lowest BCUT2D eigenvalue weighted by atomic mass is 10.2. The highest BCUT2D eigenvalue weighted by Crippen LogP contribution is 2.34. The lowest BCUT2D eigenvalue weighted by molar-refractivity contribution is -0.122. The fraction of sp³-hybridized carbons (Fsp3) is 0.150. The fourth-order valence-electron chi connectivity index (χ4n) is 2.66. The number of hydrogen-bond acceptors (Lipinski definition) is 8. The summed E-state index contributed by atoms with van der Waals surface area (Å²) in [5, 5.41) is 12.2. The van der Waals surface area contributed by atoms with Crippen LogP contribution in [0.2, 0.25) is 0 Å². The van der Waals surface area contributed by atoms with E-state index in [0.717, 1.165) is 16.7 Å². The van der Waals surface area contributed by atoms with E-state index < -0.39 is 17.1 Å². The molecule has 1 aliphatic rings. The summed E-state index contributed by atoms with van der Waals surface area (Å²) < 4.78 is 9.78. The predicted octanol–water partition coefficient (Wildman–Crippen LogP) is 3.29. The molecule has 2 amide bonds. The number of anilines is 1. The first-order chi connectivity index (χ1) is 13.9. The average molecular weight is 414 g/mol. The van der Waals surface area contributed by atoms with E-state index in [1.54, 1.807) is 42.5 Å². The Morgan fingerprint density at radius 1 is 1.21 bits per heavy atom. The monoisotopic (exact) mass is 414 g/mol. The van der Waals surface area contributed by atoms with Gasteiger partial charge in [-0.2, -0.15) is 0 Å². The molecular formula is C20H18N2O6S. The van der Waals surface area contributed by atoms with E-state index in [-0.39, 0.29) is 23.1 Å². The minimum atomic E-state index is -0.525. The zero-order valence-corrected chi connectivity index (χ0v) is 16.5. The van der Waals surface area contributed by atoms with Gasteiger partial charge in [0.15, 0.2) is 11.5 Å². The maximum atomic E-state index is 12.6. The van der Waals surface area contributed by atoms with Crippen LogP contribution >= 0.6 is 11.8 Å². The van der Waals surface area contributed by atoms with Gasteiger partial charge in [-0.05, 0) is 47.7 Å². The molecule has 29 heavy (non-hydrogen) atoms. The van der Waals surface area contributed by atoms with Gasteiger partial charge in [0.2, 0.25) is 0 Å². The van der Waals surface area contributed by atoms with Crippen molar-refractivity contribution in [2.45, 2.75) is 0 Å². The summed E-state index contributed by atoms with van der Waals surface area (Å²) in [6, 6.07) is 11.3. The Morgan fingerprint density at radius 3 is 2.69 bits per heavy atom. The molecular weight excluding hydrogens is 396 g/mol. The van der Waals surface area contributed by atoms with Crippen molar-refractivity contribution in [1.29, 1.82) is 0 Å². The van der Waals surface area contributed by atoms with E-state index in [1.807, 2.05) is 0 Å². The molecule has 3 rings (SSSR count). The molecule has 2 N–H and O–H groups in total. The van der Waals surface area contributed by atoms with Crippen LogP contribution in [0.15, 0.2) is 47.4 Å². The van der Waals surface area contributed by atoms with Crippen LogP contribution in [-0.4, -0.2) is 48.0 Å². The lowest BCUT2D eigenvalue weighted by Crippen LogP contribution is -2.33. The van der Waals surface area contributed by atoms with Crippen molar-refractivity contribution in [2.75, 3.05) is 26.2 Å². The Balaban J connectivity index is 1.76. The number of imide groups is 1. The third kappa shape index (κ3) is 4.35. The molecule has 9 heteroatoms. The molecule has 0 unspecified atom stereocenters. The lowest BCUT2D eigenvalue weighted by Gasteiger charge is -2.16. The maximum Gasteiger partial charge on any atom is 0.339 e. The summed E-state index contributed by atoms with van der Waals surface area (Å²) >= 11 is 0.808. The summed E-state index contributed by atoms with van der Waals surface area (Å²) in [4.78, 5) is 38.1. The second-order valence-corrected chi connectivity index (χ2v) is 6.91. The van der Waals surface area contributed by atoms with Crippen LogP contribution in [0.3, 0.4) is 0 Å². The smallest absolute Gasteiger partial charge is 0.339 e. The first kappa shape index (κ1) is 20.3. The number of carbonyl (C=O) groups is 3. The van der Waals surface area contributed by atoms with Gasteiger partial charge in [0.1, 0.15) is 0 Å². The number of nitrogens with one attached hydrogen (secondary N) is 1. The number of benzene rings is 2. The second-order valence-electron chi connectivity index (χ2n) is 5.91. The Hall–Kier alpha value is -3.46. The number of nitrogens with zero attached hydrogens (tertiary/aromatic N) is 1. The number of phenolic OH excluding ortho intramolecular Hbond substituents is 1. The third-order valence-corrected chi connectivity index (χ3v) is 5.04. The SMILES string of the molecule is COC(=O)c1ccccc1NCN1C(=O)S/C(=C/c2ccc(O)c(OC)c2)C1=O. The summed E-state index contributed by atoms with van der Waals surface area (Å²) in [6.45, 7) is -0.102. The number of carbonyl (C=O) groups excluding carboxylic acids is 3. The van der Waals surface area contributed by atoms with E-state index in [9.17, 15) is 19.5 Å². The van der Waals surface area contributed by atoms with Crippen molar-refractivity contribution < 1.29 is 29.0 Å². The van der Waals surface area contributed by atoms with Gasteiger partial charge >= 0.3 is 5.97 Å². The van der Waals surface area contributed by atoms with Crippen LogP contribution in [0.5, 0.6) is 11.5 Å². The molecule has 2 aromatic rings. The molecule has 0 atom stereocenters. The molecule has 0 saturated carbocycles. The Morgan fingerprint density at radius 2 is 1.97 bits per heavy atom. The van der Waals surface area contributed by atoms with E-state index >= 15 is 0 Å². The minimum absolute atomic E-state index is 0.0220. The van der Waals surface area contributed by atoms with Crippen molar-refractivity contribution in [3.05, 3.63) is 58.5 Å². The number of rotatable bonds is 6. The van der Waals surface area contributed by atoms with Gasteiger partial charge in [0.25, 0.3) is 11.1 Å². The summed E-state index contributed by atoms with van der Waals surface area (Å²) in [5.41, 5.74) is 1.36. The minimum Gasteiger partial charge on any atom is -0.504 e. The molecule has 1 aliphatic heterocycles. The van der Waals surface area contributed by atoms with Crippen LogP contribution in [0.4, 0.5) is 10.5 Å². The maximum absolute atomic E-state index is 12.6. The number of aromatic hydroxyl groups is 1. The average Bonchev–Trinajstić information content (AvgIpc) is 3.00. The highest BCUT2D eigenvalue weighted by Gasteiger charge is 2.35. The Labute approximate surface area is 171 Å². The molecule has 0 aliphatic carbocycles. The van der Waals surface area contributed by atoms with Gasteiger partial charge in [0.05, 0.1) is 37.0 Å². The van der Waals surface area contributed by atoms with Crippen molar-refractivity contribution in [2.24, 2.45) is 0 Å². The molecule has 1 fully saturated rings. The number of thioether (sulfide) groups is 1. The molecule has 0 bridgehead atoms. The molecule has 0 spiro atoms. The molecule has 8 nitrogen and oxygen atoms in total. The van der Waals surface area contributed by atoms with Crippen molar-refractivity contribution in [3.8, 4) is 11.5 Å². The van der Waals surface area contributed by atoms with Gasteiger partial charge < -0.3 is 19.9 Å². The van der Waals surface area contributed by atoms with Gasteiger partial charge in [-0.15, -0.1) is 0 Å². The van der Waals surface area contributed by atoms with Crippen LogP contribution in [0.1, 0.15) is 15.9 Å². The number of methoxy groups -OCH3 is 2.